The van der Waals surface area contributed by atoms with Crippen molar-refractivity contribution in [1.82, 2.24) is 15.3 Å². The van der Waals surface area contributed by atoms with E-state index in [1.54, 1.807) is 24.4 Å². The molecule has 3 N–H and O–H groups in total. The lowest BCUT2D eigenvalue weighted by Gasteiger charge is -2.15. The van der Waals surface area contributed by atoms with Crippen LogP contribution in [0.15, 0.2) is 67.0 Å². The number of carbonyl (C=O) groups excluding carboxylic acids is 2. The molecule has 0 aliphatic carbocycles. The summed E-state index contributed by atoms with van der Waals surface area (Å²) in [6.07, 6.45) is 4.09. The fourth-order valence-corrected chi connectivity index (χ4v) is 3.86. The quantitative estimate of drug-likeness (QED) is 0.478. The molecule has 5 rings (SSSR count). The first kappa shape index (κ1) is 18.9. The maximum atomic E-state index is 12.7. The van der Waals surface area contributed by atoms with Gasteiger partial charge in [-0.2, -0.15) is 0 Å². The lowest BCUT2D eigenvalue weighted by atomic mass is 10.0. The first-order valence-corrected chi connectivity index (χ1v) is 9.93. The normalized spacial score (nSPS) is 15.7. The van der Waals surface area contributed by atoms with Gasteiger partial charge in [0.2, 0.25) is 5.91 Å². The Morgan fingerprint density at radius 1 is 1.03 bits per heavy atom. The molecule has 2 amide bonds. The summed E-state index contributed by atoms with van der Waals surface area (Å²) in [7, 11) is 1.54. The third kappa shape index (κ3) is 3.50. The summed E-state index contributed by atoms with van der Waals surface area (Å²) < 4.78 is 5.19. The molecule has 0 saturated heterocycles. The summed E-state index contributed by atoms with van der Waals surface area (Å²) in [6.45, 7) is 0. The summed E-state index contributed by atoms with van der Waals surface area (Å²) in [4.78, 5) is 32.9. The highest BCUT2D eigenvalue weighted by Crippen LogP contribution is 2.28. The van der Waals surface area contributed by atoms with Crippen LogP contribution < -0.4 is 15.4 Å². The Bertz CT molecular complexity index is 1290. The van der Waals surface area contributed by atoms with E-state index in [2.05, 4.69) is 20.6 Å². The second kappa shape index (κ2) is 7.60. The molecular formula is C24H20N4O3. The molecule has 1 atom stereocenters. The molecule has 4 aromatic rings. The summed E-state index contributed by atoms with van der Waals surface area (Å²) >= 11 is 0. The van der Waals surface area contributed by atoms with Crippen LogP contribution in [0, 0.1) is 0 Å². The van der Waals surface area contributed by atoms with Gasteiger partial charge in [-0.05, 0) is 41.5 Å². The fraction of sp³-hybridized carbons (Fsp3) is 0.125. The van der Waals surface area contributed by atoms with Gasteiger partial charge in [-0.1, -0.05) is 24.3 Å². The molecule has 1 unspecified atom stereocenters. The maximum absolute atomic E-state index is 12.7. The molecule has 1 aliphatic rings. The second-order valence-electron chi connectivity index (χ2n) is 7.43. The average molecular weight is 412 g/mol. The summed E-state index contributed by atoms with van der Waals surface area (Å²) in [5, 5.41) is 6.73. The summed E-state index contributed by atoms with van der Waals surface area (Å²) in [6, 6.07) is 16.3. The van der Waals surface area contributed by atoms with E-state index in [4.69, 9.17) is 4.74 Å². The van der Waals surface area contributed by atoms with E-state index in [1.165, 1.54) is 7.11 Å². The van der Waals surface area contributed by atoms with Gasteiger partial charge in [0.25, 0.3) is 5.91 Å². The van der Waals surface area contributed by atoms with Crippen molar-refractivity contribution in [3.8, 4) is 16.9 Å². The number of H-pyrrole nitrogens is 1. The largest absolute Gasteiger partial charge is 0.497 e. The van der Waals surface area contributed by atoms with Gasteiger partial charge in [0, 0.05) is 29.8 Å². The van der Waals surface area contributed by atoms with Gasteiger partial charge in [-0.25, -0.2) is 4.98 Å². The number of ether oxygens (including phenoxy) is 1. The summed E-state index contributed by atoms with van der Waals surface area (Å²) in [5.41, 5.74) is 4.78. The van der Waals surface area contributed by atoms with E-state index in [0.29, 0.717) is 23.4 Å². The van der Waals surface area contributed by atoms with Crippen LogP contribution in [0.2, 0.25) is 0 Å². The Morgan fingerprint density at radius 2 is 1.87 bits per heavy atom. The molecule has 0 radical (unpaired) electrons. The number of hydrogen-bond acceptors (Lipinski definition) is 4. The predicted molar refractivity (Wildman–Crippen MR) is 118 cm³/mol. The molecule has 0 saturated carbocycles. The monoisotopic (exact) mass is 412 g/mol. The number of aromatic amines is 1. The Labute approximate surface area is 178 Å². The summed E-state index contributed by atoms with van der Waals surface area (Å²) in [5.74, 6) is 0.00822. The number of anilines is 1. The third-order valence-electron chi connectivity index (χ3n) is 5.51. The minimum atomic E-state index is -0.672. The van der Waals surface area contributed by atoms with Gasteiger partial charge >= 0.3 is 0 Å². The van der Waals surface area contributed by atoms with Crippen LogP contribution in [0.5, 0.6) is 5.75 Å². The fourth-order valence-electron chi connectivity index (χ4n) is 3.86. The van der Waals surface area contributed by atoms with Crippen molar-refractivity contribution in [2.24, 2.45) is 0 Å². The van der Waals surface area contributed by atoms with Crippen molar-refractivity contribution >= 4 is 28.5 Å². The Hall–Kier alpha value is -4.13. The van der Waals surface area contributed by atoms with Gasteiger partial charge in [0.1, 0.15) is 17.4 Å². The van der Waals surface area contributed by atoms with Crippen molar-refractivity contribution in [2.45, 2.75) is 12.5 Å². The molecule has 2 aromatic carbocycles. The van der Waals surface area contributed by atoms with Gasteiger partial charge in [-0.15, -0.1) is 0 Å². The highest BCUT2D eigenvalue weighted by Gasteiger charge is 2.28. The number of rotatable bonds is 4. The van der Waals surface area contributed by atoms with E-state index < -0.39 is 6.04 Å². The zero-order chi connectivity index (χ0) is 21.4. The molecule has 7 nitrogen and oxygen atoms in total. The topological polar surface area (TPSA) is 96.1 Å². The highest BCUT2D eigenvalue weighted by molar-refractivity contribution is 6.10. The van der Waals surface area contributed by atoms with Crippen LogP contribution in [0.1, 0.15) is 15.9 Å². The van der Waals surface area contributed by atoms with Crippen molar-refractivity contribution < 1.29 is 14.3 Å². The zero-order valence-corrected chi connectivity index (χ0v) is 16.8. The number of methoxy groups -OCH3 is 1. The number of pyridine rings is 1. The van der Waals surface area contributed by atoms with Crippen LogP contribution in [0.25, 0.3) is 22.2 Å². The smallest absolute Gasteiger partial charge is 0.254 e. The highest BCUT2D eigenvalue weighted by atomic mass is 16.5. The number of benzene rings is 2. The average Bonchev–Trinajstić information content (AvgIpc) is 3.18. The van der Waals surface area contributed by atoms with E-state index in [0.717, 1.165) is 27.7 Å². The predicted octanol–water partition coefficient (Wildman–Crippen LogP) is 3.53. The van der Waals surface area contributed by atoms with Crippen LogP contribution >= 0.6 is 0 Å². The van der Waals surface area contributed by atoms with Crippen molar-refractivity contribution in [3.63, 3.8) is 0 Å². The SMILES string of the molecule is COc1ccc2c(c1)C(=O)NC(Cc1ccc(-c3c[nH]c4ncccc34)cc1)C(=O)N2. The standard InChI is InChI=1S/C24H20N4O3/c1-31-16-8-9-20-18(12-16)23(29)28-21(24(30)27-20)11-14-4-6-15(7-5-14)19-13-26-22-17(19)3-2-10-25-22/h2-10,12-13,21H,11H2,1H3,(H,25,26)(H,27,30)(H,28,29). The third-order valence-corrected chi connectivity index (χ3v) is 5.51. The lowest BCUT2D eigenvalue weighted by molar-refractivity contribution is -0.117. The molecule has 7 heteroatoms. The van der Waals surface area contributed by atoms with Crippen molar-refractivity contribution in [2.75, 3.05) is 12.4 Å². The van der Waals surface area contributed by atoms with E-state index >= 15 is 0 Å². The van der Waals surface area contributed by atoms with Crippen LogP contribution in [-0.4, -0.2) is 34.9 Å². The van der Waals surface area contributed by atoms with Crippen molar-refractivity contribution in [3.05, 3.63) is 78.1 Å². The number of nitrogens with one attached hydrogen (secondary N) is 3. The van der Waals surface area contributed by atoms with Gasteiger partial charge in [-0.3, -0.25) is 9.59 Å². The van der Waals surface area contributed by atoms with Gasteiger partial charge < -0.3 is 20.4 Å². The molecule has 0 bridgehead atoms. The van der Waals surface area contributed by atoms with Crippen LogP contribution in [-0.2, 0) is 11.2 Å². The molecular weight excluding hydrogens is 392 g/mol. The number of amides is 2. The van der Waals surface area contributed by atoms with Crippen molar-refractivity contribution in [1.29, 1.82) is 0 Å². The molecule has 2 aromatic heterocycles. The lowest BCUT2D eigenvalue weighted by Crippen LogP contribution is -2.42. The molecule has 0 spiro atoms. The number of hydrogen-bond donors (Lipinski definition) is 3. The van der Waals surface area contributed by atoms with E-state index in [9.17, 15) is 9.59 Å². The van der Waals surface area contributed by atoms with E-state index in [-0.39, 0.29) is 11.8 Å². The van der Waals surface area contributed by atoms with Crippen LogP contribution in [0.4, 0.5) is 5.69 Å². The molecule has 0 fully saturated rings. The van der Waals surface area contributed by atoms with Crippen LogP contribution in [0.3, 0.4) is 0 Å². The molecule has 1 aliphatic heterocycles. The Kier molecular flexibility index (Phi) is 4.63. The number of fused-ring (bicyclic) bond motifs is 2. The number of aromatic nitrogens is 2. The first-order valence-electron chi connectivity index (χ1n) is 9.93. The van der Waals surface area contributed by atoms with Gasteiger partial charge in [0.05, 0.1) is 18.4 Å². The Balaban J connectivity index is 1.36. The number of nitrogens with zero attached hydrogens (tertiary/aromatic N) is 1. The second-order valence-corrected chi connectivity index (χ2v) is 7.43. The molecule has 31 heavy (non-hydrogen) atoms. The first-order chi connectivity index (χ1) is 15.1. The zero-order valence-electron chi connectivity index (χ0n) is 16.8. The molecule has 3 heterocycles. The number of carbonyl (C=O) groups is 2. The molecule has 154 valence electrons. The van der Waals surface area contributed by atoms with E-state index in [1.807, 2.05) is 42.6 Å². The minimum absolute atomic E-state index is 0.246. The maximum Gasteiger partial charge on any atom is 0.254 e. The minimum Gasteiger partial charge on any atom is -0.497 e. The van der Waals surface area contributed by atoms with Gasteiger partial charge in [0.15, 0.2) is 0 Å². The Morgan fingerprint density at radius 3 is 2.68 bits per heavy atom.